The molecule has 208 valence electrons. The zero-order valence-corrected chi connectivity index (χ0v) is 24.4. The molecule has 4 aliphatic rings. The molecule has 4 aliphatic carbocycles. The smallest absolute Gasteiger partial charge is 0.305 e. The Labute approximate surface area is 226 Å². The highest BCUT2D eigenvalue weighted by atomic mass is 79.9. The number of hydrogen-bond acceptors (Lipinski definition) is 6. The van der Waals surface area contributed by atoms with Gasteiger partial charge in [0, 0.05) is 11.8 Å². The topological polar surface area (TPSA) is 85.2 Å². The molecule has 0 aromatic carbocycles. The van der Waals surface area contributed by atoms with E-state index in [0.717, 1.165) is 56.7 Å². The number of alkyl halides is 1. The molecule has 0 radical (unpaired) electrons. The van der Waals surface area contributed by atoms with Crippen LogP contribution in [0, 0.1) is 46.3 Å². The Morgan fingerprint density at radius 2 is 1.83 bits per heavy atom. The molecular formula is C29H49BrO6. The van der Waals surface area contributed by atoms with Crippen molar-refractivity contribution in [2.45, 2.75) is 96.9 Å². The van der Waals surface area contributed by atoms with Crippen LogP contribution in [0.15, 0.2) is 0 Å². The molecule has 0 heterocycles. The van der Waals surface area contributed by atoms with Gasteiger partial charge < -0.3 is 24.4 Å². The van der Waals surface area contributed by atoms with E-state index in [1.54, 1.807) is 0 Å². The standard InChI is InChI=1S/C29H49BrO6/c1-18(5-8-26(33)34-4)21-6-7-22-27-23(17-25(32)29(21,22)3)28(2)10-9-20(15-19(28)16-24(27)31)36-14-13-35-12-11-30/h18-25,27,31-32H,5-17H2,1-4H3/t18-,19+,20+,21-,22+,23+,24-,25+,27+,28+,29-/m1/s1. The summed E-state index contributed by atoms with van der Waals surface area (Å²) in [6, 6.07) is 0. The van der Waals surface area contributed by atoms with Crippen molar-refractivity contribution in [2.24, 2.45) is 46.3 Å². The van der Waals surface area contributed by atoms with E-state index in [9.17, 15) is 15.0 Å². The fourth-order valence-corrected chi connectivity index (χ4v) is 9.57. The van der Waals surface area contributed by atoms with Crippen LogP contribution in [0.25, 0.3) is 0 Å². The summed E-state index contributed by atoms with van der Waals surface area (Å²) in [5.41, 5.74) is -0.0521. The lowest BCUT2D eigenvalue weighted by Gasteiger charge is -2.63. The third-order valence-electron chi connectivity index (χ3n) is 11.3. The molecule has 4 fully saturated rings. The van der Waals surface area contributed by atoms with Gasteiger partial charge in [-0.1, -0.05) is 36.7 Å². The monoisotopic (exact) mass is 572 g/mol. The van der Waals surface area contributed by atoms with Crippen LogP contribution in [0.5, 0.6) is 0 Å². The third-order valence-corrected chi connectivity index (χ3v) is 11.7. The Kier molecular flexibility index (Phi) is 9.51. The first-order valence-electron chi connectivity index (χ1n) is 14.3. The molecule has 0 bridgehead atoms. The van der Waals surface area contributed by atoms with Gasteiger partial charge in [-0.25, -0.2) is 0 Å². The summed E-state index contributed by atoms with van der Waals surface area (Å²) < 4.78 is 16.6. The first kappa shape index (κ1) is 28.8. The van der Waals surface area contributed by atoms with Gasteiger partial charge in [-0.3, -0.25) is 4.79 Å². The van der Waals surface area contributed by atoms with Gasteiger partial charge >= 0.3 is 5.97 Å². The van der Waals surface area contributed by atoms with Crippen molar-refractivity contribution in [1.29, 1.82) is 0 Å². The lowest BCUT2D eigenvalue weighted by Crippen LogP contribution is -2.62. The molecule has 0 aromatic rings. The Morgan fingerprint density at radius 3 is 2.56 bits per heavy atom. The van der Waals surface area contributed by atoms with E-state index < -0.39 is 0 Å². The molecule has 0 amide bonds. The van der Waals surface area contributed by atoms with E-state index in [0.29, 0.717) is 55.8 Å². The highest BCUT2D eigenvalue weighted by Crippen LogP contribution is 2.68. The molecule has 36 heavy (non-hydrogen) atoms. The van der Waals surface area contributed by atoms with Crippen LogP contribution in [-0.2, 0) is 19.0 Å². The summed E-state index contributed by atoms with van der Waals surface area (Å²) in [4.78, 5) is 11.8. The van der Waals surface area contributed by atoms with E-state index in [-0.39, 0.29) is 41.0 Å². The number of esters is 1. The summed E-state index contributed by atoms with van der Waals surface area (Å²) in [7, 11) is 1.45. The third kappa shape index (κ3) is 5.30. The van der Waals surface area contributed by atoms with E-state index in [1.165, 1.54) is 7.11 Å². The van der Waals surface area contributed by atoms with Gasteiger partial charge in [0.1, 0.15) is 0 Å². The van der Waals surface area contributed by atoms with E-state index in [4.69, 9.17) is 14.2 Å². The highest BCUT2D eigenvalue weighted by Gasteiger charge is 2.65. The molecule has 7 heteroatoms. The van der Waals surface area contributed by atoms with Gasteiger partial charge in [-0.2, -0.15) is 0 Å². The van der Waals surface area contributed by atoms with Crippen molar-refractivity contribution in [1.82, 2.24) is 0 Å². The first-order valence-corrected chi connectivity index (χ1v) is 15.5. The van der Waals surface area contributed by atoms with E-state index >= 15 is 0 Å². The van der Waals surface area contributed by atoms with Gasteiger partial charge in [0.25, 0.3) is 0 Å². The van der Waals surface area contributed by atoms with Gasteiger partial charge in [0.05, 0.1) is 45.2 Å². The Bertz CT molecular complexity index is 749. The second-order valence-electron chi connectivity index (χ2n) is 12.8. The Balaban J connectivity index is 1.44. The molecule has 0 unspecified atom stereocenters. The highest BCUT2D eigenvalue weighted by molar-refractivity contribution is 9.09. The molecule has 0 spiro atoms. The normalized spacial score (nSPS) is 44.9. The maximum atomic E-state index is 11.8. The molecule has 2 N–H and O–H groups in total. The summed E-state index contributed by atoms with van der Waals surface area (Å²) >= 11 is 3.38. The van der Waals surface area contributed by atoms with Crippen LogP contribution >= 0.6 is 15.9 Å². The van der Waals surface area contributed by atoms with Crippen molar-refractivity contribution in [3.05, 3.63) is 0 Å². The summed E-state index contributed by atoms with van der Waals surface area (Å²) in [5, 5.41) is 24.2. The SMILES string of the molecule is COC(=O)CC[C@@H](C)[C@H]1CC[C@H]2[C@@H]3[C@H](O)C[C@@H]4C[C@@H](OCCOCCBr)CC[C@]4(C)[C@H]3C[C@H](O)[C@]12C. The number of carbonyl (C=O) groups is 1. The number of halogens is 1. The minimum absolute atomic E-state index is 0.146. The molecule has 4 rings (SSSR count). The molecule has 4 saturated carbocycles. The van der Waals surface area contributed by atoms with Crippen LogP contribution in [0.1, 0.15) is 78.6 Å². The zero-order valence-electron chi connectivity index (χ0n) is 22.8. The van der Waals surface area contributed by atoms with Crippen LogP contribution < -0.4 is 0 Å². The quantitative estimate of drug-likeness (QED) is 0.218. The van der Waals surface area contributed by atoms with Crippen molar-refractivity contribution >= 4 is 21.9 Å². The number of carbonyl (C=O) groups excluding carboxylic acids is 1. The second-order valence-corrected chi connectivity index (χ2v) is 13.6. The summed E-state index contributed by atoms with van der Waals surface area (Å²) in [6.45, 7) is 8.93. The maximum absolute atomic E-state index is 11.8. The van der Waals surface area contributed by atoms with Gasteiger partial charge in [-0.15, -0.1) is 0 Å². The molecule has 0 saturated heterocycles. The second kappa shape index (κ2) is 11.9. The average molecular weight is 574 g/mol. The van der Waals surface area contributed by atoms with Crippen molar-refractivity contribution in [3.8, 4) is 0 Å². The number of methoxy groups -OCH3 is 1. The van der Waals surface area contributed by atoms with E-state index in [1.807, 2.05) is 0 Å². The van der Waals surface area contributed by atoms with Crippen LogP contribution in [0.2, 0.25) is 0 Å². The molecular weight excluding hydrogens is 524 g/mol. The zero-order chi connectivity index (χ0) is 26.1. The number of aliphatic hydroxyl groups is 2. The van der Waals surface area contributed by atoms with Crippen LogP contribution in [0.3, 0.4) is 0 Å². The van der Waals surface area contributed by atoms with Gasteiger partial charge in [0.2, 0.25) is 0 Å². The van der Waals surface area contributed by atoms with Gasteiger partial charge in [0.15, 0.2) is 0 Å². The number of aliphatic hydroxyl groups excluding tert-OH is 2. The molecule has 6 nitrogen and oxygen atoms in total. The maximum Gasteiger partial charge on any atom is 0.305 e. The molecule has 0 aromatic heterocycles. The van der Waals surface area contributed by atoms with Crippen molar-refractivity contribution in [3.63, 3.8) is 0 Å². The predicted molar refractivity (Wildman–Crippen MR) is 143 cm³/mol. The first-order chi connectivity index (χ1) is 17.2. The van der Waals surface area contributed by atoms with Crippen molar-refractivity contribution in [2.75, 3.05) is 32.3 Å². The largest absolute Gasteiger partial charge is 0.469 e. The fraction of sp³-hybridized carbons (Fsp3) is 0.966. The Morgan fingerprint density at radius 1 is 1.06 bits per heavy atom. The molecule has 0 aliphatic heterocycles. The molecule has 11 atom stereocenters. The average Bonchev–Trinajstić information content (AvgIpc) is 3.22. The minimum atomic E-state index is -0.361. The van der Waals surface area contributed by atoms with Crippen molar-refractivity contribution < 1.29 is 29.2 Å². The lowest BCUT2D eigenvalue weighted by atomic mass is 9.43. The minimum Gasteiger partial charge on any atom is -0.469 e. The summed E-state index contributed by atoms with van der Waals surface area (Å²) in [5.74, 6) is 1.95. The summed E-state index contributed by atoms with van der Waals surface area (Å²) in [6.07, 6.45) is 7.74. The van der Waals surface area contributed by atoms with Crippen LogP contribution in [-0.4, -0.2) is 66.8 Å². The Hall–Kier alpha value is -0.210. The number of ether oxygens (including phenoxy) is 3. The number of rotatable bonds is 10. The van der Waals surface area contributed by atoms with Crippen LogP contribution in [0.4, 0.5) is 0 Å². The predicted octanol–water partition coefficient (Wildman–Crippen LogP) is 4.97. The van der Waals surface area contributed by atoms with E-state index in [2.05, 4.69) is 36.7 Å². The number of fused-ring (bicyclic) bond motifs is 5. The fourth-order valence-electron chi connectivity index (χ4n) is 9.35. The van der Waals surface area contributed by atoms with Gasteiger partial charge in [-0.05, 0) is 97.7 Å². The lowest BCUT2D eigenvalue weighted by molar-refractivity contribution is -0.209. The number of hydrogen-bond donors (Lipinski definition) is 2.